The molecule has 5 heteroatoms. The Hall–Kier alpha value is -0.940. The van der Waals surface area contributed by atoms with Crippen molar-refractivity contribution in [1.82, 2.24) is 20.1 Å². The number of nitrogens with zero attached hydrogens (tertiary/aromatic N) is 3. The average Bonchev–Trinajstić information content (AvgIpc) is 2.81. The van der Waals surface area contributed by atoms with Gasteiger partial charge < -0.3 is 10.1 Å². The van der Waals surface area contributed by atoms with Crippen LogP contribution in [0.25, 0.3) is 0 Å². The summed E-state index contributed by atoms with van der Waals surface area (Å²) in [5, 5.41) is 7.61. The molecule has 0 aliphatic carbocycles. The van der Waals surface area contributed by atoms with Crippen LogP contribution < -0.4 is 5.32 Å². The highest BCUT2D eigenvalue weighted by atomic mass is 16.5. The summed E-state index contributed by atoms with van der Waals surface area (Å²) in [4.78, 5) is 4.36. The molecule has 1 heterocycles. The van der Waals surface area contributed by atoms with Gasteiger partial charge >= 0.3 is 0 Å². The van der Waals surface area contributed by atoms with E-state index in [-0.39, 0.29) is 12.1 Å². The van der Waals surface area contributed by atoms with E-state index in [9.17, 15) is 0 Å². The summed E-state index contributed by atoms with van der Waals surface area (Å²) in [5.41, 5.74) is 0. The molecule has 0 aromatic carbocycles. The molecule has 2 unspecified atom stereocenters. The number of aromatic nitrogens is 3. The normalized spacial score (nSPS) is 15.0. The van der Waals surface area contributed by atoms with E-state index in [0.29, 0.717) is 6.04 Å². The van der Waals surface area contributed by atoms with Gasteiger partial charge in [0.15, 0.2) is 0 Å². The first-order chi connectivity index (χ1) is 8.63. The molecule has 104 valence electrons. The molecule has 0 amide bonds. The first kappa shape index (κ1) is 15.1. The Bertz CT molecular complexity index is 337. The number of ether oxygens (including phenoxy) is 1. The minimum absolute atomic E-state index is 0.220. The van der Waals surface area contributed by atoms with E-state index < -0.39 is 0 Å². The lowest BCUT2D eigenvalue weighted by atomic mass is 10.0. The highest BCUT2D eigenvalue weighted by Gasteiger charge is 2.21. The standard InChI is InChI=1S/C13H26N4O/c1-6-12(18-7-2)11(14-5)8-13-15-9-16-17(13)10(3)4/h9-12,14H,6-8H2,1-5H3. The maximum atomic E-state index is 5.77. The fourth-order valence-corrected chi connectivity index (χ4v) is 2.20. The van der Waals surface area contributed by atoms with Crippen LogP contribution in [0.4, 0.5) is 0 Å². The van der Waals surface area contributed by atoms with Gasteiger partial charge in [0, 0.05) is 25.1 Å². The molecule has 0 radical (unpaired) electrons. The smallest absolute Gasteiger partial charge is 0.138 e. The van der Waals surface area contributed by atoms with Gasteiger partial charge in [0.1, 0.15) is 12.2 Å². The summed E-state index contributed by atoms with van der Waals surface area (Å²) in [6, 6.07) is 0.615. The number of likely N-dealkylation sites (N-methyl/N-ethyl adjacent to an activating group) is 1. The summed E-state index contributed by atoms with van der Waals surface area (Å²) in [6.07, 6.45) is 3.68. The summed E-state index contributed by atoms with van der Waals surface area (Å²) < 4.78 is 7.75. The van der Waals surface area contributed by atoms with Gasteiger partial charge in [-0.15, -0.1) is 0 Å². The van der Waals surface area contributed by atoms with Crippen LogP contribution in [-0.4, -0.2) is 40.6 Å². The Morgan fingerprint density at radius 1 is 1.39 bits per heavy atom. The fourth-order valence-electron chi connectivity index (χ4n) is 2.20. The topological polar surface area (TPSA) is 52.0 Å². The second kappa shape index (κ2) is 7.48. The van der Waals surface area contributed by atoms with Gasteiger partial charge in [-0.1, -0.05) is 6.92 Å². The lowest BCUT2D eigenvalue weighted by molar-refractivity contribution is 0.0331. The SMILES string of the molecule is CCOC(CC)C(Cc1ncnn1C(C)C)NC. The van der Waals surface area contributed by atoms with Crippen LogP contribution in [0.5, 0.6) is 0 Å². The average molecular weight is 254 g/mol. The Morgan fingerprint density at radius 3 is 2.61 bits per heavy atom. The van der Waals surface area contributed by atoms with Gasteiger partial charge in [-0.05, 0) is 34.2 Å². The van der Waals surface area contributed by atoms with Gasteiger partial charge in [0.25, 0.3) is 0 Å². The van der Waals surface area contributed by atoms with Crippen LogP contribution in [0.15, 0.2) is 6.33 Å². The summed E-state index contributed by atoms with van der Waals surface area (Å²) >= 11 is 0. The maximum absolute atomic E-state index is 5.77. The Labute approximate surface area is 110 Å². The lowest BCUT2D eigenvalue weighted by Gasteiger charge is -2.25. The minimum Gasteiger partial charge on any atom is -0.377 e. The van der Waals surface area contributed by atoms with Crippen molar-refractivity contribution in [2.75, 3.05) is 13.7 Å². The molecule has 0 aliphatic heterocycles. The minimum atomic E-state index is 0.220. The first-order valence-corrected chi connectivity index (χ1v) is 6.81. The predicted octanol–water partition coefficient (Wildman–Crippen LogP) is 1.80. The van der Waals surface area contributed by atoms with Crippen molar-refractivity contribution in [3.8, 4) is 0 Å². The molecule has 0 saturated heterocycles. The third-order valence-electron chi connectivity index (χ3n) is 3.14. The van der Waals surface area contributed by atoms with E-state index in [1.54, 1.807) is 6.33 Å². The quantitative estimate of drug-likeness (QED) is 0.768. The molecule has 5 nitrogen and oxygen atoms in total. The second-order valence-electron chi connectivity index (χ2n) is 4.72. The molecule has 0 saturated carbocycles. The van der Waals surface area contributed by atoms with E-state index in [0.717, 1.165) is 25.3 Å². The number of hydrogen-bond donors (Lipinski definition) is 1. The van der Waals surface area contributed by atoms with Crippen LogP contribution in [0, 0.1) is 0 Å². The number of nitrogens with one attached hydrogen (secondary N) is 1. The largest absolute Gasteiger partial charge is 0.377 e. The molecular formula is C13H26N4O. The molecule has 18 heavy (non-hydrogen) atoms. The van der Waals surface area contributed by atoms with Crippen LogP contribution >= 0.6 is 0 Å². The van der Waals surface area contributed by atoms with Crippen molar-refractivity contribution in [2.45, 2.75) is 58.7 Å². The molecule has 0 bridgehead atoms. The van der Waals surface area contributed by atoms with Crippen molar-refractivity contribution in [1.29, 1.82) is 0 Å². The van der Waals surface area contributed by atoms with Crippen LogP contribution in [0.1, 0.15) is 46.0 Å². The van der Waals surface area contributed by atoms with Crippen molar-refractivity contribution < 1.29 is 4.74 Å². The van der Waals surface area contributed by atoms with Crippen LogP contribution in [0.2, 0.25) is 0 Å². The number of hydrogen-bond acceptors (Lipinski definition) is 4. The fraction of sp³-hybridized carbons (Fsp3) is 0.846. The van der Waals surface area contributed by atoms with E-state index in [2.05, 4.69) is 36.2 Å². The highest BCUT2D eigenvalue weighted by Crippen LogP contribution is 2.12. The van der Waals surface area contributed by atoms with Gasteiger partial charge in [-0.25, -0.2) is 9.67 Å². The van der Waals surface area contributed by atoms with Crippen LogP contribution in [-0.2, 0) is 11.2 Å². The molecule has 1 rings (SSSR count). The zero-order valence-electron chi connectivity index (χ0n) is 12.2. The molecule has 0 fully saturated rings. The molecule has 1 N–H and O–H groups in total. The zero-order valence-corrected chi connectivity index (χ0v) is 12.2. The van der Waals surface area contributed by atoms with E-state index >= 15 is 0 Å². The van der Waals surface area contributed by atoms with E-state index in [1.807, 2.05) is 18.7 Å². The summed E-state index contributed by atoms with van der Waals surface area (Å²) in [6.45, 7) is 9.16. The van der Waals surface area contributed by atoms with Crippen molar-refractivity contribution in [3.05, 3.63) is 12.2 Å². The Morgan fingerprint density at radius 2 is 2.11 bits per heavy atom. The van der Waals surface area contributed by atoms with E-state index in [1.165, 1.54) is 0 Å². The molecule has 0 aliphatic rings. The van der Waals surface area contributed by atoms with Crippen molar-refractivity contribution in [3.63, 3.8) is 0 Å². The monoisotopic (exact) mass is 254 g/mol. The molecular weight excluding hydrogens is 228 g/mol. The van der Waals surface area contributed by atoms with Gasteiger partial charge in [-0.3, -0.25) is 0 Å². The molecule has 1 aromatic rings. The Kier molecular flexibility index (Phi) is 6.29. The van der Waals surface area contributed by atoms with Crippen molar-refractivity contribution >= 4 is 0 Å². The summed E-state index contributed by atoms with van der Waals surface area (Å²) in [7, 11) is 1.97. The molecule has 1 aromatic heterocycles. The van der Waals surface area contributed by atoms with Gasteiger partial charge in [0.05, 0.1) is 6.10 Å². The number of rotatable bonds is 8. The molecule has 2 atom stereocenters. The second-order valence-corrected chi connectivity index (χ2v) is 4.72. The third-order valence-corrected chi connectivity index (χ3v) is 3.14. The predicted molar refractivity (Wildman–Crippen MR) is 72.7 cm³/mol. The lowest BCUT2D eigenvalue weighted by Crippen LogP contribution is -2.41. The molecule has 0 spiro atoms. The van der Waals surface area contributed by atoms with E-state index in [4.69, 9.17) is 4.74 Å². The van der Waals surface area contributed by atoms with Gasteiger partial charge in [0.2, 0.25) is 0 Å². The van der Waals surface area contributed by atoms with Gasteiger partial charge in [-0.2, -0.15) is 5.10 Å². The summed E-state index contributed by atoms with van der Waals surface area (Å²) in [5.74, 6) is 1.02. The first-order valence-electron chi connectivity index (χ1n) is 6.81. The Balaban J connectivity index is 2.75. The van der Waals surface area contributed by atoms with Crippen LogP contribution in [0.3, 0.4) is 0 Å². The highest BCUT2D eigenvalue weighted by molar-refractivity contribution is 4.93. The van der Waals surface area contributed by atoms with Crippen molar-refractivity contribution in [2.24, 2.45) is 0 Å². The zero-order chi connectivity index (χ0) is 13.5. The third kappa shape index (κ3) is 3.78. The maximum Gasteiger partial charge on any atom is 0.138 e.